The highest BCUT2D eigenvalue weighted by molar-refractivity contribution is 7.17. The zero-order chi connectivity index (χ0) is 15.7. The topological polar surface area (TPSA) is 85.3 Å². The van der Waals surface area contributed by atoms with Crippen molar-refractivity contribution in [1.82, 2.24) is 9.55 Å². The molecule has 1 N–H and O–H groups in total. The van der Waals surface area contributed by atoms with E-state index < -0.39 is 5.97 Å². The van der Waals surface area contributed by atoms with Crippen molar-refractivity contribution in [2.24, 2.45) is 0 Å². The Bertz CT molecular complexity index is 877. The molecule has 0 bridgehead atoms. The Morgan fingerprint density at radius 2 is 2.32 bits per heavy atom. The molecule has 0 aliphatic heterocycles. The molecular weight excluding hydrogens is 304 g/mol. The Labute approximate surface area is 129 Å². The van der Waals surface area contributed by atoms with Crippen LogP contribution < -0.4 is 5.56 Å². The molecule has 6 nitrogen and oxygen atoms in total. The normalized spacial score (nSPS) is 11.1. The minimum absolute atomic E-state index is 0.0264. The van der Waals surface area contributed by atoms with Crippen LogP contribution in [0.1, 0.15) is 18.7 Å². The molecule has 7 heteroatoms. The largest absolute Gasteiger partial charge is 0.481 e. The molecule has 0 spiro atoms. The smallest absolute Gasteiger partial charge is 0.303 e. The molecule has 0 aliphatic rings. The maximum absolute atomic E-state index is 12.7. The number of aryl methyl sites for hydroxylation is 1. The predicted molar refractivity (Wildman–Crippen MR) is 83.2 cm³/mol. The average Bonchev–Trinajstić information content (AvgIpc) is 3.10. The molecule has 0 saturated carbocycles. The maximum atomic E-state index is 12.7. The van der Waals surface area contributed by atoms with Crippen LogP contribution in [0.3, 0.4) is 0 Å². The van der Waals surface area contributed by atoms with Crippen molar-refractivity contribution in [3.63, 3.8) is 0 Å². The summed E-state index contributed by atoms with van der Waals surface area (Å²) in [6.07, 6.45) is 1.98. The van der Waals surface area contributed by atoms with Gasteiger partial charge in [0.2, 0.25) is 0 Å². The third kappa shape index (κ3) is 2.55. The number of carbonyl (C=O) groups is 1. The first-order valence-corrected chi connectivity index (χ1v) is 7.70. The Hall–Kier alpha value is -2.41. The molecule has 0 radical (unpaired) electrons. The van der Waals surface area contributed by atoms with Gasteiger partial charge in [-0.25, -0.2) is 4.98 Å². The predicted octanol–water partition coefficient (Wildman–Crippen LogP) is 2.89. The van der Waals surface area contributed by atoms with E-state index in [2.05, 4.69) is 4.98 Å². The summed E-state index contributed by atoms with van der Waals surface area (Å²) in [6.45, 7) is 2.10. The second-order valence-corrected chi connectivity index (χ2v) is 5.78. The maximum Gasteiger partial charge on any atom is 0.303 e. The fraction of sp³-hybridized carbons (Fsp3) is 0.267. The van der Waals surface area contributed by atoms with Gasteiger partial charge in [0.15, 0.2) is 0 Å². The molecule has 0 saturated heterocycles. The highest BCUT2D eigenvalue weighted by atomic mass is 32.1. The van der Waals surface area contributed by atoms with Gasteiger partial charge in [0.25, 0.3) is 5.56 Å². The second kappa shape index (κ2) is 5.76. The number of hydrogen-bond donors (Lipinski definition) is 1. The summed E-state index contributed by atoms with van der Waals surface area (Å²) in [5.74, 6) is 0.355. The van der Waals surface area contributed by atoms with E-state index in [0.29, 0.717) is 34.8 Å². The number of thiophene rings is 1. The zero-order valence-corrected chi connectivity index (χ0v) is 12.7. The number of aliphatic carboxylic acids is 1. The summed E-state index contributed by atoms with van der Waals surface area (Å²) in [6, 6.07) is 3.57. The van der Waals surface area contributed by atoms with Crippen LogP contribution in [0, 0.1) is 6.92 Å². The van der Waals surface area contributed by atoms with Gasteiger partial charge >= 0.3 is 5.97 Å². The number of nitrogens with zero attached hydrogens (tertiary/aromatic N) is 2. The lowest BCUT2D eigenvalue weighted by Crippen LogP contribution is -2.24. The van der Waals surface area contributed by atoms with Gasteiger partial charge in [0.05, 0.1) is 11.6 Å². The molecule has 114 valence electrons. The minimum atomic E-state index is -0.869. The summed E-state index contributed by atoms with van der Waals surface area (Å²) in [4.78, 5) is 28.5. The van der Waals surface area contributed by atoms with E-state index >= 15 is 0 Å². The van der Waals surface area contributed by atoms with Crippen molar-refractivity contribution in [3.05, 3.63) is 40.0 Å². The van der Waals surface area contributed by atoms with Crippen molar-refractivity contribution in [1.29, 1.82) is 0 Å². The first-order valence-electron chi connectivity index (χ1n) is 6.82. The van der Waals surface area contributed by atoms with E-state index in [1.54, 1.807) is 25.3 Å². The third-order valence-electron chi connectivity index (χ3n) is 3.44. The molecule has 0 fully saturated rings. The van der Waals surface area contributed by atoms with Crippen LogP contribution in [0.5, 0.6) is 0 Å². The van der Waals surface area contributed by atoms with Gasteiger partial charge in [0.1, 0.15) is 16.4 Å². The van der Waals surface area contributed by atoms with Gasteiger partial charge < -0.3 is 9.52 Å². The standard InChI is InChI=1S/C15H14N2O4S/c1-9-16-14-13(10(8-22-14)11-4-3-7-21-11)15(20)17(9)6-2-5-12(18)19/h3-4,7-8H,2,5-6H2,1H3,(H,18,19). The van der Waals surface area contributed by atoms with Crippen molar-refractivity contribution in [2.75, 3.05) is 0 Å². The molecule has 3 rings (SSSR count). The molecule has 22 heavy (non-hydrogen) atoms. The molecule has 3 aromatic rings. The third-order valence-corrected chi connectivity index (χ3v) is 4.32. The van der Waals surface area contributed by atoms with Gasteiger partial charge in [-0.1, -0.05) is 0 Å². The van der Waals surface area contributed by atoms with Crippen LogP contribution in [0.15, 0.2) is 33.0 Å². The monoisotopic (exact) mass is 318 g/mol. The lowest BCUT2D eigenvalue weighted by Gasteiger charge is -2.08. The minimum Gasteiger partial charge on any atom is -0.481 e. The quantitative estimate of drug-likeness (QED) is 0.782. The van der Waals surface area contributed by atoms with Gasteiger partial charge in [-0.15, -0.1) is 11.3 Å². The van der Waals surface area contributed by atoms with E-state index in [4.69, 9.17) is 9.52 Å². The van der Waals surface area contributed by atoms with Gasteiger partial charge in [-0.2, -0.15) is 0 Å². The summed E-state index contributed by atoms with van der Waals surface area (Å²) in [7, 11) is 0. The molecular formula is C15H14N2O4S. The van der Waals surface area contributed by atoms with E-state index in [0.717, 1.165) is 5.56 Å². The summed E-state index contributed by atoms with van der Waals surface area (Å²) >= 11 is 1.40. The van der Waals surface area contributed by atoms with E-state index in [1.165, 1.54) is 15.9 Å². The highest BCUT2D eigenvalue weighted by Crippen LogP contribution is 2.31. The molecule has 0 amide bonds. The molecule has 0 atom stereocenters. The van der Waals surface area contributed by atoms with Crippen molar-refractivity contribution < 1.29 is 14.3 Å². The number of rotatable bonds is 5. The van der Waals surface area contributed by atoms with Crippen molar-refractivity contribution in [2.45, 2.75) is 26.3 Å². The molecule has 3 aromatic heterocycles. The molecule has 3 heterocycles. The SMILES string of the molecule is Cc1nc2scc(-c3ccco3)c2c(=O)n1CCCC(=O)O. The number of aromatic nitrogens is 2. The first-order chi connectivity index (χ1) is 10.6. The number of fused-ring (bicyclic) bond motifs is 1. The number of furan rings is 1. The van der Waals surface area contributed by atoms with Gasteiger partial charge in [0, 0.05) is 23.9 Å². The summed E-state index contributed by atoms with van der Waals surface area (Å²) in [5.41, 5.74) is 0.579. The van der Waals surface area contributed by atoms with Crippen LogP contribution in [0.4, 0.5) is 0 Å². The first kappa shape index (κ1) is 14.5. The Morgan fingerprint density at radius 1 is 1.50 bits per heavy atom. The summed E-state index contributed by atoms with van der Waals surface area (Å²) < 4.78 is 6.91. The van der Waals surface area contributed by atoms with Crippen LogP contribution in [0.25, 0.3) is 21.5 Å². The average molecular weight is 318 g/mol. The zero-order valence-electron chi connectivity index (χ0n) is 11.9. The number of hydrogen-bond acceptors (Lipinski definition) is 5. The van der Waals surface area contributed by atoms with Crippen LogP contribution in [-0.4, -0.2) is 20.6 Å². The van der Waals surface area contributed by atoms with Crippen LogP contribution in [-0.2, 0) is 11.3 Å². The summed E-state index contributed by atoms with van der Waals surface area (Å²) in [5, 5.41) is 11.1. The molecule has 0 aromatic carbocycles. The van der Waals surface area contributed by atoms with E-state index in [9.17, 15) is 9.59 Å². The van der Waals surface area contributed by atoms with E-state index in [1.807, 2.05) is 5.38 Å². The Morgan fingerprint density at radius 3 is 3.00 bits per heavy atom. The van der Waals surface area contributed by atoms with Crippen LogP contribution in [0.2, 0.25) is 0 Å². The van der Waals surface area contributed by atoms with E-state index in [-0.39, 0.29) is 12.0 Å². The number of carboxylic acids is 1. The lowest BCUT2D eigenvalue weighted by atomic mass is 10.2. The van der Waals surface area contributed by atoms with Gasteiger partial charge in [-0.05, 0) is 25.5 Å². The van der Waals surface area contributed by atoms with Crippen LogP contribution >= 0.6 is 11.3 Å². The Kier molecular flexibility index (Phi) is 3.81. The molecule has 0 aliphatic carbocycles. The Balaban J connectivity index is 2.08. The fourth-order valence-electron chi connectivity index (χ4n) is 2.39. The van der Waals surface area contributed by atoms with Crippen molar-refractivity contribution in [3.8, 4) is 11.3 Å². The fourth-order valence-corrected chi connectivity index (χ4v) is 3.35. The van der Waals surface area contributed by atoms with Gasteiger partial charge in [-0.3, -0.25) is 14.2 Å². The number of carboxylic acid groups (broad SMARTS) is 1. The molecule has 0 unspecified atom stereocenters. The highest BCUT2D eigenvalue weighted by Gasteiger charge is 2.16. The van der Waals surface area contributed by atoms with Crippen molar-refractivity contribution >= 4 is 27.5 Å². The second-order valence-electron chi connectivity index (χ2n) is 4.92. The lowest BCUT2D eigenvalue weighted by molar-refractivity contribution is -0.137.